The molecular formula is C16H22N6O. The first-order valence-corrected chi connectivity index (χ1v) is 8.07. The van der Waals surface area contributed by atoms with E-state index in [-0.39, 0.29) is 18.5 Å². The van der Waals surface area contributed by atoms with E-state index < -0.39 is 0 Å². The molecule has 0 aromatic carbocycles. The van der Waals surface area contributed by atoms with Crippen molar-refractivity contribution >= 4 is 5.91 Å². The van der Waals surface area contributed by atoms with Crippen LogP contribution in [0.1, 0.15) is 25.0 Å². The molecule has 0 bridgehead atoms. The summed E-state index contributed by atoms with van der Waals surface area (Å²) in [6.45, 7) is 2.72. The Hall–Kier alpha value is -2.28. The van der Waals surface area contributed by atoms with Crippen molar-refractivity contribution < 1.29 is 4.79 Å². The maximum absolute atomic E-state index is 12.8. The minimum Gasteiger partial charge on any atom is -0.332 e. The van der Waals surface area contributed by atoms with Crippen molar-refractivity contribution in [2.75, 3.05) is 13.1 Å². The highest BCUT2D eigenvalue weighted by atomic mass is 16.2. The molecule has 0 spiro atoms. The van der Waals surface area contributed by atoms with Crippen molar-refractivity contribution in [1.29, 1.82) is 0 Å². The number of hydrogen-bond donors (Lipinski definition) is 1. The number of aromatic nitrogens is 4. The molecule has 0 saturated carbocycles. The summed E-state index contributed by atoms with van der Waals surface area (Å²) in [6, 6.07) is 6.05. The molecule has 2 aromatic heterocycles. The quantitative estimate of drug-likeness (QED) is 0.885. The Morgan fingerprint density at radius 1 is 1.30 bits per heavy atom. The number of pyridine rings is 1. The standard InChI is InChI=1S/C16H22N6O/c23-16(13-21-11-10-19-20-21)22(12-14-4-1-2-8-18-14)15-5-3-7-17-9-6-15/h1-2,4,8,10-11,15,17H,3,5-7,9,12-13H2. The zero-order valence-electron chi connectivity index (χ0n) is 13.1. The van der Waals surface area contributed by atoms with Crippen LogP contribution in [0.3, 0.4) is 0 Å². The van der Waals surface area contributed by atoms with Gasteiger partial charge in [0, 0.05) is 18.4 Å². The van der Waals surface area contributed by atoms with Gasteiger partial charge in [0.25, 0.3) is 0 Å². The second kappa shape index (κ2) is 7.82. The van der Waals surface area contributed by atoms with Gasteiger partial charge in [-0.3, -0.25) is 9.78 Å². The van der Waals surface area contributed by atoms with E-state index in [1.165, 1.54) is 0 Å². The SMILES string of the molecule is O=C(Cn1ccnn1)N(Cc1ccccn1)C1CCCNCC1. The van der Waals surface area contributed by atoms with Crippen LogP contribution in [0.2, 0.25) is 0 Å². The first-order valence-electron chi connectivity index (χ1n) is 8.07. The number of carbonyl (C=O) groups excluding carboxylic acids is 1. The first kappa shape index (κ1) is 15.6. The molecule has 1 saturated heterocycles. The van der Waals surface area contributed by atoms with Crippen LogP contribution >= 0.6 is 0 Å². The van der Waals surface area contributed by atoms with Crippen molar-refractivity contribution in [2.24, 2.45) is 0 Å². The van der Waals surface area contributed by atoms with Gasteiger partial charge >= 0.3 is 0 Å². The molecule has 0 aliphatic carbocycles. The van der Waals surface area contributed by atoms with Crippen LogP contribution in [0, 0.1) is 0 Å². The van der Waals surface area contributed by atoms with Crippen LogP contribution in [-0.4, -0.2) is 49.9 Å². The van der Waals surface area contributed by atoms with Gasteiger partial charge in [-0.2, -0.15) is 0 Å². The average Bonchev–Trinajstić information content (AvgIpc) is 2.93. The molecule has 7 heteroatoms. The summed E-state index contributed by atoms with van der Waals surface area (Å²) in [7, 11) is 0. The molecule has 1 unspecified atom stereocenters. The highest BCUT2D eigenvalue weighted by Gasteiger charge is 2.25. The summed E-state index contributed by atoms with van der Waals surface area (Å²) in [5.41, 5.74) is 0.914. The fraction of sp³-hybridized carbons (Fsp3) is 0.500. The average molecular weight is 314 g/mol. The van der Waals surface area contributed by atoms with Gasteiger partial charge in [0.1, 0.15) is 6.54 Å². The Bertz CT molecular complexity index is 592. The molecule has 1 atom stereocenters. The third-order valence-electron chi connectivity index (χ3n) is 4.13. The third kappa shape index (κ3) is 4.35. The lowest BCUT2D eigenvalue weighted by atomic mass is 10.1. The van der Waals surface area contributed by atoms with Crippen LogP contribution in [0.25, 0.3) is 0 Å². The second-order valence-electron chi connectivity index (χ2n) is 5.78. The van der Waals surface area contributed by atoms with Crippen molar-refractivity contribution in [2.45, 2.75) is 38.4 Å². The molecule has 122 valence electrons. The van der Waals surface area contributed by atoms with Gasteiger partial charge in [0.15, 0.2) is 0 Å². The van der Waals surface area contributed by atoms with Crippen LogP contribution < -0.4 is 5.32 Å². The lowest BCUT2D eigenvalue weighted by Gasteiger charge is -2.31. The molecule has 1 N–H and O–H groups in total. The number of amides is 1. The third-order valence-corrected chi connectivity index (χ3v) is 4.13. The van der Waals surface area contributed by atoms with Crippen molar-refractivity contribution in [3.8, 4) is 0 Å². The van der Waals surface area contributed by atoms with Crippen LogP contribution in [0.5, 0.6) is 0 Å². The van der Waals surface area contributed by atoms with Gasteiger partial charge < -0.3 is 10.2 Å². The van der Waals surface area contributed by atoms with Crippen LogP contribution in [-0.2, 0) is 17.9 Å². The largest absolute Gasteiger partial charge is 0.332 e. The molecular weight excluding hydrogens is 292 g/mol. The molecule has 7 nitrogen and oxygen atoms in total. The Morgan fingerprint density at radius 3 is 3.04 bits per heavy atom. The van der Waals surface area contributed by atoms with Gasteiger partial charge in [-0.1, -0.05) is 11.3 Å². The van der Waals surface area contributed by atoms with E-state index in [2.05, 4.69) is 20.6 Å². The first-order chi connectivity index (χ1) is 11.3. The normalized spacial score (nSPS) is 18.3. The Kier molecular flexibility index (Phi) is 5.31. The summed E-state index contributed by atoms with van der Waals surface area (Å²) < 4.78 is 1.57. The van der Waals surface area contributed by atoms with E-state index in [0.29, 0.717) is 6.54 Å². The van der Waals surface area contributed by atoms with Gasteiger partial charge in [-0.05, 0) is 44.5 Å². The highest BCUT2D eigenvalue weighted by molar-refractivity contribution is 5.76. The predicted molar refractivity (Wildman–Crippen MR) is 85.3 cm³/mol. The van der Waals surface area contributed by atoms with Crippen LogP contribution in [0.4, 0.5) is 0 Å². The number of hydrogen-bond acceptors (Lipinski definition) is 5. The minimum atomic E-state index is 0.0630. The fourth-order valence-electron chi connectivity index (χ4n) is 2.95. The second-order valence-corrected chi connectivity index (χ2v) is 5.78. The van der Waals surface area contributed by atoms with E-state index in [1.54, 1.807) is 23.3 Å². The minimum absolute atomic E-state index is 0.0630. The molecule has 3 rings (SSSR count). The molecule has 0 radical (unpaired) electrons. The Balaban J connectivity index is 1.75. The van der Waals surface area contributed by atoms with Crippen molar-refractivity contribution in [3.63, 3.8) is 0 Å². The Morgan fingerprint density at radius 2 is 2.26 bits per heavy atom. The molecule has 1 fully saturated rings. The van der Waals surface area contributed by atoms with Gasteiger partial charge in [-0.25, -0.2) is 4.68 Å². The van der Waals surface area contributed by atoms with E-state index in [0.717, 1.165) is 38.0 Å². The molecule has 1 aliphatic rings. The smallest absolute Gasteiger partial charge is 0.244 e. The summed E-state index contributed by atoms with van der Waals surface area (Å²) in [5, 5.41) is 11.1. The van der Waals surface area contributed by atoms with Crippen molar-refractivity contribution in [3.05, 3.63) is 42.5 Å². The van der Waals surface area contributed by atoms with E-state index in [4.69, 9.17) is 0 Å². The van der Waals surface area contributed by atoms with Crippen molar-refractivity contribution in [1.82, 2.24) is 30.2 Å². The summed E-state index contributed by atoms with van der Waals surface area (Å²) in [5.74, 6) is 0.0630. The van der Waals surface area contributed by atoms with Crippen LogP contribution in [0.15, 0.2) is 36.8 Å². The number of nitrogens with zero attached hydrogens (tertiary/aromatic N) is 5. The van der Waals surface area contributed by atoms with Gasteiger partial charge in [-0.15, -0.1) is 5.10 Å². The van der Waals surface area contributed by atoms with E-state index in [9.17, 15) is 4.79 Å². The highest BCUT2D eigenvalue weighted by Crippen LogP contribution is 2.17. The lowest BCUT2D eigenvalue weighted by molar-refractivity contribution is -0.135. The predicted octanol–water partition coefficient (Wildman–Crippen LogP) is 0.844. The Labute approximate surface area is 135 Å². The molecule has 3 heterocycles. The number of carbonyl (C=O) groups is 1. The van der Waals surface area contributed by atoms with Gasteiger partial charge in [0.05, 0.1) is 18.4 Å². The summed E-state index contributed by atoms with van der Waals surface area (Å²) >= 11 is 0. The lowest BCUT2D eigenvalue weighted by Crippen LogP contribution is -2.42. The molecule has 1 amide bonds. The maximum Gasteiger partial charge on any atom is 0.244 e. The monoisotopic (exact) mass is 314 g/mol. The molecule has 2 aromatic rings. The number of rotatable bonds is 5. The zero-order valence-corrected chi connectivity index (χ0v) is 13.1. The maximum atomic E-state index is 12.8. The van der Waals surface area contributed by atoms with E-state index >= 15 is 0 Å². The van der Waals surface area contributed by atoms with Gasteiger partial charge in [0.2, 0.25) is 5.91 Å². The summed E-state index contributed by atoms with van der Waals surface area (Å²) in [6.07, 6.45) is 8.14. The number of nitrogens with one attached hydrogen (secondary N) is 1. The van der Waals surface area contributed by atoms with E-state index in [1.807, 2.05) is 23.1 Å². The topological polar surface area (TPSA) is 75.9 Å². The summed E-state index contributed by atoms with van der Waals surface area (Å²) in [4.78, 5) is 19.1. The molecule has 1 aliphatic heterocycles. The fourth-order valence-corrected chi connectivity index (χ4v) is 2.95. The molecule has 23 heavy (non-hydrogen) atoms. The zero-order chi connectivity index (χ0) is 15.9.